The number of nitrogens with one attached hydrogen (secondary N) is 1. The average Bonchev–Trinajstić information content (AvgIpc) is 3.29. The minimum absolute atomic E-state index is 0.0161. The second kappa shape index (κ2) is 8.53. The molecule has 0 spiro atoms. The molecule has 0 aliphatic rings. The van der Waals surface area contributed by atoms with Gasteiger partial charge in [0.2, 0.25) is 5.91 Å². The highest BCUT2D eigenvalue weighted by Gasteiger charge is 2.15. The number of carbonyl (C=O) groups excluding carboxylic acids is 1. The van der Waals surface area contributed by atoms with Gasteiger partial charge in [-0.05, 0) is 57.4 Å². The molecule has 30 heavy (non-hydrogen) atoms. The van der Waals surface area contributed by atoms with E-state index in [0.29, 0.717) is 0 Å². The van der Waals surface area contributed by atoms with E-state index in [1.54, 1.807) is 0 Å². The maximum atomic E-state index is 12.6. The predicted octanol–water partition coefficient (Wildman–Crippen LogP) is 4.45. The van der Waals surface area contributed by atoms with Gasteiger partial charge < -0.3 is 14.4 Å². The average molecular weight is 402 g/mol. The number of aromatic nitrogens is 3. The second-order valence-corrected chi connectivity index (χ2v) is 7.74. The fourth-order valence-electron chi connectivity index (χ4n) is 3.75. The number of nitrogens with zero attached hydrogens (tertiary/aromatic N) is 3. The molecule has 4 aromatic rings. The largest absolute Gasteiger partial charge is 0.361 e. The van der Waals surface area contributed by atoms with Crippen LogP contribution in [0.4, 0.5) is 0 Å². The summed E-state index contributed by atoms with van der Waals surface area (Å²) in [5.41, 5.74) is 4.58. The fraction of sp³-hybridized carbons (Fsp3) is 0.292. The molecule has 0 saturated carbocycles. The Hall–Kier alpha value is -3.41. The van der Waals surface area contributed by atoms with Crippen molar-refractivity contribution in [2.75, 3.05) is 0 Å². The summed E-state index contributed by atoms with van der Waals surface area (Å²) in [6.07, 6.45) is 3.75. The first-order valence-electron chi connectivity index (χ1n) is 10.2. The molecule has 0 bridgehead atoms. The monoisotopic (exact) mass is 402 g/mol. The van der Waals surface area contributed by atoms with Crippen LogP contribution in [-0.2, 0) is 17.8 Å². The number of hydrogen-bond acceptors (Lipinski definition) is 4. The van der Waals surface area contributed by atoms with Gasteiger partial charge in [-0.2, -0.15) is 0 Å². The van der Waals surface area contributed by atoms with E-state index in [4.69, 9.17) is 9.51 Å². The van der Waals surface area contributed by atoms with E-state index in [1.165, 1.54) is 5.56 Å². The van der Waals surface area contributed by atoms with Crippen LogP contribution in [0.1, 0.15) is 30.4 Å². The molecule has 3 aromatic heterocycles. The Balaban J connectivity index is 1.44. The van der Waals surface area contributed by atoms with E-state index >= 15 is 0 Å². The van der Waals surface area contributed by atoms with E-state index in [2.05, 4.69) is 22.6 Å². The summed E-state index contributed by atoms with van der Waals surface area (Å²) in [7, 11) is 0. The Labute approximate surface area is 175 Å². The Kier molecular flexibility index (Phi) is 5.65. The topological polar surface area (TPSA) is 73.0 Å². The number of fused-ring (bicyclic) bond motifs is 1. The lowest BCUT2D eigenvalue weighted by Crippen LogP contribution is -2.35. The molecule has 154 valence electrons. The van der Waals surface area contributed by atoms with Crippen LogP contribution in [-0.4, -0.2) is 26.7 Å². The van der Waals surface area contributed by atoms with Crippen LogP contribution in [0.2, 0.25) is 0 Å². The zero-order valence-corrected chi connectivity index (χ0v) is 17.6. The van der Waals surface area contributed by atoms with E-state index < -0.39 is 0 Å². The molecule has 0 saturated heterocycles. The fourth-order valence-corrected chi connectivity index (χ4v) is 3.75. The molecular weight excluding hydrogens is 376 g/mol. The van der Waals surface area contributed by atoms with Gasteiger partial charge in [0, 0.05) is 17.6 Å². The number of hydrogen-bond donors (Lipinski definition) is 1. The Bertz CT molecular complexity index is 1140. The molecular formula is C24H26N4O2. The third-order valence-electron chi connectivity index (χ3n) is 5.33. The summed E-state index contributed by atoms with van der Waals surface area (Å²) in [5.74, 6) is 0.722. The molecule has 0 aliphatic heterocycles. The van der Waals surface area contributed by atoms with Crippen LogP contribution >= 0.6 is 0 Å². The first-order chi connectivity index (χ1) is 14.5. The van der Waals surface area contributed by atoms with Crippen LogP contribution in [0.15, 0.2) is 59.3 Å². The number of amides is 1. The van der Waals surface area contributed by atoms with Gasteiger partial charge >= 0.3 is 0 Å². The highest BCUT2D eigenvalue weighted by atomic mass is 16.5. The quantitative estimate of drug-likeness (QED) is 0.496. The van der Waals surface area contributed by atoms with Crippen molar-refractivity contribution in [2.24, 2.45) is 0 Å². The maximum absolute atomic E-state index is 12.6. The summed E-state index contributed by atoms with van der Waals surface area (Å²) in [6.45, 7) is 6.06. The molecule has 6 nitrogen and oxygen atoms in total. The van der Waals surface area contributed by atoms with Crippen LogP contribution < -0.4 is 5.32 Å². The molecule has 1 N–H and O–H groups in total. The van der Waals surface area contributed by atoms with Crippen molar-refractivity contribution in [1.29, 1.82) is 0 Å². The molecule has 1 aromatic carbocycles. The highest BCUT2D eigenvalue weighted by molar-refractivity contribution is 5.83. The van der Waals surface area contributed by atoms with Crippen molar-refractivity contribution in [3.63, 3.8) is 0 Å². The first kappa shape index (κ1) is 19.9. The van der Waals surface area contributed by atoms with Gasteiger partial charge in [0.1, 0.15) is 18.0 Å². The van der Waals surface area contributed by atoms with Gasteiger partial charge in [0.15, 0.2) is 0 Å². The van der Waals surface area contributed by atoms with Gasteiger partial charge in [-0.15, -0.1) is 0 Å². The number of rotatable bonds is 7. The lowest BCUT2D eigenvalue weighted by atomic mass is 10.1. The molecule has 4 rings (SSSR count). The van der Waals surface area contributed by atoms with Crippen LogP contribution in [0, 0.1) is 13.8 Å². The lowest BCUT2D eigenvalue weighted by Gasteiger charge is -2.14. The molecule has 6 heteroatoms. The van der Waals surface area contributed by atoms with Crippen LogP contribution in [0.5, 0.6) is 0 Å². The van der Waals surface area contributed by atoms with Crippen molar-refractivity contribution in [1.82, 2.24) is 20.0 Å². The van der Waals surface area contributed by atoms with Crippen molar-refractivity contribution in [3.8, 4) is 11.3 Å². The van der Waals surface area contributed by atoms with Gasteiger partial charge in [0.25, 0.3) is 0 Å². The molecule has 0 fully saturated rings. The molecule has 1 amide bonds. The number of pyridine rings is 1. The highest BCUT2D eigenvalue weighted by Crippen LogP contribution is 2.27. The SMILES string of the molecule is Cc1noc(C)c1-c1ccc2ccn(CC(=O)N[C@@H](C)CCc3ccccc3)c2n1. The van der Waals surface area contributed by atoms with E-state index in [9.17, 15) is 4.79 Å². The Morgan fingerprint density at radius 3 is 2.67 bits per heavy atom. The standard InChI is InChI=1S/C24H26N4O2/c1-16(9-10-19-7-5-4-6-8-19)25-22(29)15-28-14-13-20-11-12-21(26-24(20)28)23-17(2)27-30-18(23)3/h4-8,11-14,16H,9-10,15H2,1-3H3,(H,25,29)/t16-/m0/s1. The van der Waals surface area contributed by atoms with Crippen molar-refractivity contribution in [2.45, 2.75) is 46.2 Å². The summed E-state index contributed by atoms with van der Waals surface area (Å²) in [4.78, 5) is 17.4. The van der Waals surface area contributed by atoms with Crippen molar-refractivity contribution in [3.05, 3.63) is 71.7 Å². The minimum atomic E-state index is -0.0161. The van der Waals surface area contributed by atoms with E-state index in [0.717, 1.165) is 46.6 Å². The maximum Gasteiger partial charge on any atom is 0.240 e. The first-order valence-corrected chi connectivity index (χ1v) is 10.2. The Morgan fingerprint density at radius 1 is 1.13 bits per heavy atom. The Morgan fingerprint density at radius 2 is 1.93 bits per heavy atom. The lowest BCUT2D eigenvalue weighted by molar-refractivity contribution is -0.122. The molecule has 0 aliphatic carbocycles. The molecule has 0 unspecified atom stereocenters. The number of aryl methyl sites for hydroxylation is 3. The number of carbonyl (C=O) groups is 1. The third-order valence-corrected chi connectivity index (χ3v) is 5.33. The molecule has 0 radical (unpaired) electrons. The zero-order chi connectivity index (χ0) is 21.1. The van der Waals surface area contributed by atoms with Crippen molar-refractivity contribution < 1.29 is 9.32 Å². The second-order valence-electron chi connectivity index (χ2n) is 7.74. The smallest absolute Gasteiger partial charge is 0.240 e. The van der Waals surface area contributed by atoms with E-state index in [1.807, 2.05) is 67.9 Å². The molecule has 3 heterocycles. The molecule has 1 atom stereocenters. The van der Waals surface area contributed by atoms with Crippen molar-refractivity contribution >= 4 is 16.9 Å². The summed E-state index contributed by atoms with van der Waals surface area (Å²) in [6, 6.07) is 16.4. The normalized spacial score (nSPS) is 12.2. The zero-order valence-electron chi connectivity index (χ0n) is 17.6. The summed E-state index contributed by atoms with van der Waals surface area (Å²) in [5, 5.41) is 8.11. The predicted molar refractivity (Wildman–Crippen MR) is 117 cm³/mol. The van der Waals surface area contributed by atoms with Gasteiger partial charge in [-0.3, -0.25) is 4.79 Å². The minimum Gasteiger partial charge on any atom is -0.361 e. The van der Waals surface area contributed by atoms with E-state index in [-0.39, 0.29) is 18.5 Å². The summed E-state index contributed by atoms with van der Waals surface area (Å²) < 4.78 is 7.16. The van der Waals surface area contributed by atoms with Crippen LogP contribution in [0.3, 0.4) is 0 Å². The number of benzene rings is 1. The summed E-state index contributed by atoms with van der Waals surface area (Å²) >= 11 is 0. The van der Waals surface area contributed by atoms with Gasteiger partial charge in [0.05, 0.1) is 17.0 Å². The third kappa shape index (κ3) is 4.27. The van der Waals surface area contributed by atoms with Crippen LogP contribution in [0.25, 0.3) is 22.3 Å². The van der Waals surface area contributed by atoms with Gasteiger partial charge in [-0.1, -0.05) is 35.5 Å². The van der Waals surface area contributed by atoms with Gasteiger partial charge in [-0.25, -0.2) is 4.98 Å².